The molecule has 1 rings (SSSR count). The summed E-state index contributed by atoms with van der Waals surface area (Å²) in [5, 5.41) is 6.08. The maximum absolute atomic E-state index is 13.4. The fraction of sp³-hybridized carbons (Fsp3) is 0.417. The number of aryl methyl sites for hydroxylation is 1. The zero-order valence-corrected chi connectivity index (χ0v) is 10.1. The largest absolute Gasteiger partial charge is 0.359 e. The SMILES string of the molecule is CN=C(NC)NC(C)c1ccc(C)c(F)c1. The number of halogens is 1. The van der Waals surface area contributed by atoms with Crippen molar-refractivity contribution in [3.05, 3.63) is 35.1 Å². The Hall–Kier alpha value is -1.58. The van der Waals surface area contributed by atoms with Gasteiger partial charge in [-0.25, -0.2) is 4.39 Å². The lowest BCUT2D eigenvalue weighted by Crippen LogP contribution is -2.36. The van der Waals surface area contributed by atoms with E-state index in [1.807, 2.05) is 13.0 Å². The maximum atomic E-state index is 13.4. The van der Waals surface area contributed by atoms with Crippen LogP contribution in [0.15, 0.2) is 23.2 Å². The van der Waals surface area contributed by atoms with Crippen molar-refractivity contribution in [3.63, 3.8) is 0 Å². The number of aliphatic imine (C=N–C) groups is 1. The number of benzene rings is 1. The third-order valence-corrected chi connectivity index (χ3v) is 2.51. The van der Waals surface area contributed by atoms with Gasteiger partial charge in [-0.2, -0.15) is 0 Å². The molecule has 0 fully saturated rings. The quantitative estimate of drug-likeness (QED) is 0.594. The van der Waals surface area contributed by atoms with Crippen LogP contribution in [-0.2, 0) is 0 Å². The fourth-order valence-electron chi connectivity index (χ4n) is 1.42. The molecule has 2 N–H and O–H groups in total. The summed E-state index contributed by atoms with van der Waals surface area (Å²) in [6.45, 7) is 3.72. The molecule has 0 heterocycles. The molecule has 0 saturated heterocycles. The number of rotatable bonds is 2. The Kier molecular flexibility index (Phi) is 4.28. The molecule has 0 saturated carbocycles. The third-order valence-electron chi connectivity index (χ3n) is 2.51. The second-order valence-electron chi connectivity index (χ2n) is 3.70. The summed E-state index contributed by atoms with van der Waals surface area (Å²) in [4.78, 5) is 4.01. The van der Waals surface area contributed by atoms with Gasteiger partial charge in [0, 0.05) is 14.1 Å². The topological polar surface area (TPSA) is 36.4 Å². The molecular weight excluding hydrogens is 205 g/mol. The lowest BCUT2D eigenvalue weighted by molar-refractivity contribution is 0.608. The molecule has 0 aliphatic rings. The molecular formula is C12H18FN3. The van der Waals surface area contributed by atoms with Crippen LogP contribution in [0.4, 0.5) is 4.39 Å². The third kappa shape index (κ3) is 2.95. The van der Waals surface area contributed by atoms with Crippen molar-refractivity contribution in [2.45, 2.75) is 19.9 Å². The molecule has 3 nitrogen and oxygen atoms in total. The van der Waals surface area contributed by atoms with Crippen molar-refractivity contribution in [1.82, 2.24) is 10.6 Å². The van der Waals surface area contributed by atoms with Crippen LogP contribution in [0.1, 0.15) is 24.1 Å². The van der Waals surface area contributed by atoms with Crippen LogP contribution in [0, 0.1) is 12.7 Å². The zero-order chi connectivity index (χ0) is 12.1. The Morgan fingerprint density at radius 3 is 2.62 bits per heavy atom. The highest BCUT2D eigenvalue weighted by Gasteiger charge is 2.08. The minimum Gasteiger partial charge on any atom is -0.359 e. The standard InChI is InChI=1S/C12H18FN3/c1-8-5-6-10(7-11(8)13)9(2)16-12(14-3)15-4/h5-7,9H,1-4H3,(H2,14,15,16). The predicted molar refractivity (Wildman–Crippen MR) is 65.1 cm³/mol. The average molecular weight is 223 g/mol. The summed E-state index contributed by atoms with van der Waals surface area (Å²) in [5.74, 6) is 0.513. The Morgan fingerprint density at radius 1 is 1.44 bits per heavy atom. The molecule has 4 heteroatoms. The number of guanidine groups is 1. The number of nitrogens with one attached hydrogen (secondary N) is 2. The lowest BCUT2D eigenvalue weighted by atomic mass is 10.1. The van der Waals surface area contributed by atoms with E-state index in [0.717, 1.165) is 5.56 Å². The molecule has 0 aromatic heterocycles. The summed E-state index contributed by atoms with van der Waals surface area (Å²) in [7, 11) is 3.49. The van der Waals surface area contributed by atoms with E-state index in [9.17, 15) is 4.39 Å². The summed E-state index contributed by atoms with van der Waals surface area (Å²) in [6, 6.07) is 5.26. The predicted octanol–water partition coefficient (Wildman–Crippen LogP) is 1.99. The zero-order valence-electron chi connectivity index (χ0n) is 10.1. The van der Waals surface area contributed by atoms with Gasteiger partial charge in [-0.3, -0.25) is 4.99 Å². The fourth-order valence-corrected chi connectivity index (χ4v) is 1.42. The van der Waals surface area contributed by atoms with Gasteiger partial charge in [0.05, 0.1) is 6.04 Å². The van der Waals surface area contributed by atoms with Crippen molar-refractivity contribution < 1.29 is 4.39 Å². The van der Waals surface area contributed by atoms with Gasteiger partial charge in [-0.05, 0) is 31.0 Å². The first-order valence-corrected chi connectivity index (χ1v) is 5.25. The second-order valence-corrected chi connectivity index (χ2v) is 3.70. The molecule has 1 aromatic carbocycles. The maximum Gasteiger partial charge on any atom is 0.191 e. The van der Waals surface area contributed by atoms with E-state index in [-0.39, 0.29) is 11.9 Å². The first kappa shape index (κ1) is 12.5. The summed E-state index contributed by atoms with van der Waals surface area (Å²) in [5.41, 5.74) is 1.56. The van der Waals surface area contributed by atoms with Crippen LogP contribution >= 0.6 is 0 Å². The van der Waals surface area contributed by atoms with Crippen LogP contribution in [0.3, 0.4) is 0 Å². The summed E-state index contributed by atoms with van der Waals surface area (Å²) in [6.07, 6.45) is 0. The molecule has 1 atom stereocenters. The van der Waals surface area contributed by atoms with Crippen LogP contribution < -0.4 is 10.6 Å². The molecule has 0 bridgehead atoms. The minimum absolute atomic E-state index is 0.0150. The molecule has 1 aromatic rings. The van der Waals surface area contributed by atoms with Crippen LogP contribution in [0.25, 0.3) is 0 Å². The molecule has 16 heavy (non-hydrogen) atoms. The van der Waals surface area contributed by atoms with Gasteiger partial charge in [0.15, 0.2) is 5.96 Å². The molecule has 88 valence electrons. The highest BCUT2D eigenvalue weighted by atomic mass is 19.1. The second kappa shape index (κ2) is 5.49. The van der Waals surface area contributed by atoms with E-state index in [1.54, 1.807) is 33.2 Å². The Labute approximate surface area is 95.8 Å². The normalized spacial score (nSPS) is 13.4. The van der Waals surface area contributed by atoms with Gasteiger partial charge < -0.3 is 10.6 Å². The van der Waals surface area contributed by atoms with E-state index in [2.05, 4.69) is 15.6 Å². The highest BCUT2D eigenvalue weighted by molar-refractivity contribution is 5.79. The first-order chi connectivity index (χ1) is 7.58. The number of nitrogens with zero attached hydrogens (tertiary/aromatic N) is 1. The lowest BCUT2D eigenvalue weighted by Gasteiger charge is -2.17. The van der Waals surface area contributed by atoms with Gasteiger partial charge in [0.2, 0.25) is 0 Å². The molecule has 0 spiro atoms. The van der Waals surface area contributed by atoms with Gasteiger partial charge in [-0.1, -0.05) is 12.1 Å². The van der Waals surface area contributed by atoms with Crippen molar-refractivity contribution in [2.24, 2.45) is 4.99 Å². The molecule has 0 aliphatic heterocycles. The van der Waals surface area contributed by atoms with Gasteiger partial charge >= 0.3 is 0 Å². The van der Waals surface area contributed by atoms with Crippen LogP contribution in [-0.4, -0.2) is 20.1 Å². The van der Waals surface area contributed by atoms with Crippen molar-refractivity contribution in [3.8, 4) is 0 Å². The van der Waals surface area contributed by atoms with E-state index >= 15 is 0 Å². The van der Waals surface area contributed by atoms with E-state index < -0.39 is 0 Å². The first-order valence-electron chi connectivity index (χ1n) is 5.25. The highest BCUT2D eigenvalue weighted by Crippen LogP contribution is 2.15. The number of hydrogen-bond acceptors (Lipinski definition) is 1. The van der Waals surface area contributed by atoms with E-state index in [0.29, 0.717) is 11.5 Å². The van der Waals surface area contributed by atoms with Crippen molar-refractivity contribution in [2.75, 3.05) is 14.1 Å². The van der Waals surface area contributed by atoms with E-state index in [1.165, 1.54) is 0 Å². The molecule has 0 aliphatic carbocycles. The Morgan fingerprint density at radius 2 is 2.12 bits per heavy atom. The monoisotopic (exact) mass is 223 g/mol. The Bertz CT molecular complexity index is 388. The van der Waals surface area contributed by atoms with Gasteiger partial charge in [0.25, 0.3) is 0 Å². The summed E-state index contributed by atoms with van der Waals surface area (Å²) >= 11 is 0. The average Bonchev–Trinajstić information content (AvgIpc) is 2.29. The van der Waals surface area contributed by atoms with Crippen molar-refractivity contribution >= 4 is 5.96 Å². The van der Waals surface area contributed by atoms with Gasteiger partial charge in [-0.15, -0.1) is 0 Å². The molecule has 0 amide bonds. The van der Waals surface area contributed by atoms with Crippen molar-refractivity contribution in [1.29, 1.82) is 0 Å². The minimum atomic E-state index is -0.175. The van der Waals surface area contributed by atoms with Gasteiger partial charge in [0.1, 0.15) is 5.82 Å². The number of hydrogen-bond donors (Lipinski definition) is 2. The smallest absolute Gasteiger partial charge is 0.191 e. The van der Waals surface area contributed by atoms with Crippen LogP contribution in [0.2, 0.25) is 0 Å². The Balaban J connectivity index is 2.80. The summed E-state index contributed by atoms with van der Waals surface area (Å²) < 4.78 is 13.4. The molecule has 0 radical (unpaired) electrons. The van der Waals surface area contributed by atoms with E-state index in [4.69, 9.17) is 0 Å². The molecule has 1 unspecified atom stereocenters. The van der Waals surface area contributed by atoms with Crippen LogP contribution in [0.5, 0.6) is 0 Å².